The largest absolute Gasteiger partial charge is 0.331 e. The first-order chi connectivity index (χ1) is 11.3. The van der Waals surface area contributed by atoms with Gasteiger partial charge in [-0.05, 0) is 54.6 Å². The van der Waals surface area contributed by atoms with Crippen molar-refractivity contribution in [2.45, 2.75) is 18.9 Å². The number of hydrogen-bond acceptors (Lipinski definition) is 3. The summed E-state index contributed by atoms with van der Waals surface area (Å²) in [4.78, 5) is 16.1. The summed E-state index contributed by atoms with van der Waals surface area (Å²) in [5.41, 5.74) is 1.70. The number of aromatic nitrogens is 2. The molecule has 4 nitrogen and oxygen atoms in total. The molecule has 0 aliphatic carbocycles. The smallest absolute Gasteiger partial charge is 0.254 e. The van der Waals surface area contributed by atoms with E-state index in [1.54, 1.807) is 22.2 Å². The summed E-state index contributed by atoms with van der Waals surface area (Å²) in [6, 6.07) is 14.0. The average molecular weight is 323 g/mol. The Labute approximate surface area is 139 Å². The maximum Gasteiger partial charge on any atom is 0.254 e. The van der Waals surface area contributed by atoms with Gasteiger partial charge in [0.2, 0.25) is 0 Å². The fourth-order valence-electron chi connectivity index (χ4n) is 3.13. The summed E-state index contributed by atoms with van der Waals surface area (Å²) < 4.78 is 1.79. The van der Waals surface area contributed by atoms with Crippen molar-refractivity contribution in [1.29, 1.82) is 0 Å². The molecule has 0 unspecified atom stereocenters. The Kier molecular flexibility index (Phi) is 3.71. The summed E-state index contributed by atoms with van der Waals surface area (Å²) in [6.07, 6.45) is 5.76. The zero-order valence-corrected chi connectivity index (χ0v) is 13.4. The van der Waals surface area contributed by atoms with Crippen LogP contribution >= 0.6 is 11.3 Å². The van der Waals surface area contributed by atoms with E-state index in [0.29, 0.717) is 0 Å². The number of benzene rings is 1. The predicted octanol–water partition coefficient (Wildman–Crippen LogP) is 3.91. The zero-order chi connectivity index (χ0) is 15.6. The molecule has 3 heterocycles. The predicted molar refractivity (Wildman–Crippen MR) is 90.9 cm³/mol. The number of thiophene rings is 1. The molecule has 1 fully saturated rings. The summed E-state index contributed by atoms with van der Waals surface area (Å²) in [5, 5.41) is 6.29. The number of carbonyl (C=O) groups excluding carboxylic acids is 1. The molecule has 5 heteroatoms. The molecule has 0 N–H and O–H groups in total. The Morgan fingerprint density at radius 1 is 1.17 bits per heavy atom. The quantitative estimate of drug-likeness (QED) is 0.733. The molecule has 0 spiro atoms. The lowest BCUT2D eigenvalue weighted by Gasteiger charge is -2.24. The van der Waals surface area contributed by atoms with E-state index in [1.165, 1.54) is 4.88 Å². The van der Waals surface area contributed by atoms with Crippen LogP contribution < -0.4 is 0 Å². The van der Waals surface area contributed by atoms with E-state index in [4.69, 9.17) is 0 Å². The van der Waals surface area contributed by atoms with Crippen molar-refractivity contribution in [3.63, 3.8) is 0 Å². The van der Waals surface area contributed by atoms with E-state index >= 15 is 0 Å². The van der Waals surface area contributed by atoms with Gasteiger partial charge in [-0.15, -0.1) is 11.3 Å². The Morgan fingerprint density at radius 3 is 2.74 bits per heavy atom. The average Bonchev–Trinajstić information content (AvgIpc) is 3.35. The summed E-state index contributed by atoms with van der Waals surface area (Å²) in [7, 11) is 0. The SMILES string of the molecule is O=C(c1ccc(-n2cccn2)cc1)N1CCC[C@H]1c1cccs1. The molecule has 2 aromatic heterocycles. The second-order valence-electron chi connectivity index (χ2n) is 5.67. The highest BCUT2D eigenvalue weighted by Crippen LogP contribution is 2.35. The van der Waals surface area contributed by atoms with Crippen LogP contribution in [0.2, 0.25) is 0 Å². The maximum absolute atomic E-state index is 12.9. The standard InChI is InChI=1S/C18H17N3OS/c22-18(20-11-1-4-16(20)17-5-2-13-23-17)14-6-8-15(9-7-14)21-12-3-10-19-21/h2-3,5-10,12-13,16H,1,4,11H2/t16-/m0/s1. The van der Waals surface area contributed by atoms with Crippen molar-refractivity contribution in [1.82, 2.24) is 14.7 Å². The van der Waals surface area contributed by atoms with E-state index in [0.717, 1.165) is 30.6 Å². The van der Waals surface area contributed by atoms with Crippen molar-refractivity contribution in [3.8, 4) is 5.69 Å². The molecular formula is C18H17N3OS. The first-order valence-corrected chi connectivity index (χ1v) is 8.65. The van der Waals surface area contributed by atoms with Crippen LogP contribution in [0.1, 0.15) is 34.1 Å². The molecule has 1 atom stereocenters. The number of amides is 1. The van der Waals surface area contributed by atoms with Gasteiger partial charge < -0.3 is 4.90 Å². The molecule has 1 aliphatic rings. The van der Waals surface area contributed by atoms with Crippen molar-refractivity contribution < 1.29 is 4.79 Å². The number of carbonyl (C=O) groups is 1. The van der Waals surface area contributed by atoms with Gasteiger partial charge in [0.15, 0.2) is 0 Å². The first kappa shape index (κ1) is 14.2. The molecule has 0 bridgehead atoms. The van der Waals surface area contributed by atoms with Crippen LogP contribution in [0.3, 0.4) is 0 Å². The van der Waals surface area contributed by atoms with E-state index in [2.05, 4.69) is 22.6 Å². The number of hydrogen-bond donors (Lipinski definition) is 0. The number of nitrogens with zero attached hydrogens (tertiary/aromatic N) is 3. The normalized spacial score (nSPS) is 17.6. The third-order valence-corrected chi connectivity index (χ3v) is 5.24. The topological polar surface area (TPSA) is 38.1 Å². The third kappa shape index (κ3) is 2.68. The Bertz CT molecular complexity index is 778. The second kappa shape index (κ2) is 6.01. The van der Waals surface area contributed by atoms with Gasteiger partial charge in [0.05, 0.1) is 11.7 Å². The molecular weight excluding hydrogens is 306 g/mol. The van der Waals surface area contributed by atoms with E-state index in [9.17, 15) is 4.79 Å². The summed E-state index contributed by atoms with van der Waals surface area (Å²) >= 11 is 1.73. The van der Waals surface area contributed by atoms with Crippen LogP contribution in [0.5, 0.6) is 0 Å². The minimum absolute atomic E-state index is 0.118. The highest BCUT2D eigenvalue weighted by atomic mass is 32.1. The molecule has 1 aromatic carbocycles. The van der Waals surface area contributed by atoms with Gasteiger partial charge in [0, 0.05) is 29.4 Å². The van der Waals surface area contributed by atoms with Crippen LogP contribution in [0, 0.1) is 0 Å². The van der Waals surface area contributed by atoms with Crippen molar-refractivity contribution in [3.05, 3.63) is 70.7 Å². The van der Waals surface area contributed by atoms with Crippen LogP contribution in [-0.2, 0) is 0 Å². The van der Waals surface area contributed by atoms with Crippen LogP contribution in [0.4, 0.5) is 0 Å². The number of likely N-dealkylation sites (tertiary alicyclic amines) is 1. The van der Waals surface area contributed by atoms with E-state index in [-0.39, 0.29) is 11.9 Å². The molecule has 0 saturated carbocycles. The molecule has 1 aliphatic heterocycles. The van der Waals surface area contributed by atoms with Crippen molar-refractivity contribution in [2.75, 3.05) is 6.54 Å². The third-order valence-electron chi connectivity index (χ3n) is 4.27. The molecule has 23 heavy (non-hydrogen) atoms. The van der Waals surface area contributed by atoms with Gasteiger partial charge in [-0.1, -0.05) is 6.07 Å². The number of rotatable bonds is 3. The van der Waals surface area contributed by atoms with Crippen LogP contribution in [0.25, 0.3) is 5.69 Å². The second-order valence-corrected chi connectivity index (χ2v) is 6.65. The van der Waals surface area contributed by atoms with Gasteiger partial charge in [-0.25, -0.2) is 4.68 Å². The summed E-state index contributed by atoms with van der Waals surface area (Å²) in [5.74, 6) is 0.118. The van der Waals surface area contributed by atoms with Crippen LogP contribution in [-0.4, -0.2) is 27.1 Å². The van der Waals surface area contributed by atoms with Gasteiger partial charge in [0.1, 0.15) is 0 Å². The Hall–Kier alpha value is -2.40. The molecule has 4 rings (SSSR count). The molecule has 0 radical (unpaired) electrons. The minimum Gasteiger partial charge on any atom is -0.331 e. The van der Waals surface area contributed by atoms with Crippen molar-refractivity contribution in [2.24, 2.45) is 0 Å². The fourth-order valence-corrected chi connectivity index (χ4v) is 4.00. The molecule has 1 amide bonds. The lowest BCUT2D eigenvalue weighted by Crippen LogP contribution is -2.30. The van der Waals surface area contributed by atoms with Gasteiger partial charge in [-0.3, -0.25) is 4.79 Å². The summed E-state index contributed by atoms with van der Waals surface area (Å²) in [6.45, 7) is 0.836. The highest BCUT2D eigenvalue weighted by molar-refractivity contribution is 7.10. The lowest BCUT2D eigenvalue weighted by atomic mass is 10.1. The van der Waals surface area contributed by atoms with Crippen molar-refractivity contribution >= 4 is 17.2 Å². The first-order valence-electron chi connectivity index (χ1n) is 7.77. The molecule has 3 aromatic rings. The van der Waals surface area contributed by atoms with E-state index < -0.39 is 0 Å². The van der Waals surface area contributed by atoms with E-state index in [1.807, 2.05) is 41.4 Å². The Balaban J connectivity index is 1.56. The minimum atomic E-state index is 0.118. The van der Waals surface area contributed by atoms with Gasteiger partial charge in [-0.2, -0.15) is 5.10 Å². The van der Waals surface area contributed by atoms with Crippen LogP contribution in [0.15, 0.2) is 60.2 Å². The zero-order valence-electron chi connectivity index (χ0n) is 12.6. The maximum atomic E-state index is 12.9. The molecule has 1 saturated heterocycles. The highest BCUT2D eigenvalue weighted by Gasteiger charge is 2.31. The van der Waals surface area contributed by atoms with Gasteiger partial charge in [0.25, 0.3) is 5.91 Å². The molecule has 116 valence electrons. The Morgan fingerprint density at radius 2 is 2.04 bits per heavy atom. The van der Waals surface area contributed by atoms with Gasteiger partial charge >= 0.3 is 0 Å². The lowest BCUT2D eigenvalue weighted by molar-refractivity contribution is 0.0738. The fraction of sp³-hybridized carbons (Fsp3) is 0.222. The monoisotopic (exact) mass is 323 g/mol.